The smallest absolute Gasteiger partial charge is 0.241 e. The molecule has 1 aromatic carbocycles. The van der Waals surface area contributed by atoms with Crippen LogP contribution in [0.5, 0.6) is 11.5 Å². The highest BCUT2D eigenvalue weighted by molar-refractivity contribution is 6.32. The molecule has 1 aliphatic rings. The van der Waals surface area contributed by atoms with Crippen LogP contribution in [0.2, 0.25) is 5.02 Å². The molecule has 2 N–H and O–H groups in total. The number of rotatable bonds is 4. The van der Waals surface area contributed by atoms with Crippen LogP contribution in [-0.4, -0.2) is 32.7 Å². The molecule has 6 heteroatoms. The minimum atomic E-state index is -0.180. The summed E-state index contributed by atoms with van der Waals surface area (Å²) in [6.07, 6.45) is 0.999. The van der Waals surface area contributed by atoms with Crippen molar-refractivity contribution in [3.05, 3.63) is 17.2 Å². The summed E-state index contributed by atoms with van der Waals surface area (Å²) in [5.41, 5.74) is 0.546. The highest BCUT2D eigenvalue weighted by atomic mass is 35.5. The zero-order valence-corrected chi connectivity index (χ0v) is 12.6. The summed E-state index contributed by atoms with van der Waals surface area (Å²) in [7, 11) is 3.07. The fourth-order valence-corrected chi connectivity index (χ4v) is 2.59. The molecule has 5 nitrogen and oxygen atoms in total. The number of methoxy groups -OCH3 is 2. The fourth-order valence-electron chi connectivity index (χ4n) is 2.35. The molecule has 1 amide bonds. The second-order valence-corrected chi connectivity index (χ2v) is 5.28. The quantitative estimate of drug-likeness (QED) is 0.895. The molecule has 0 radical (unpaired) electrons. The Labute approximate surface area is 123 Å². The summed E-state index contributed by atoms with van der Waals surface area (Å²) in [5, 5.41) is 6.48. The van der Waals surface area contributed by atoms with Crippen molar-refractivity contribution in [3.8, 4) is 11.5 Å². The standard InChI is InChI=1S/C14H19ClN2O3/c1-8-4-5-16-13(8)14(18)17-10-6-9(15)11(19-2)7-12(10)20-3/h6-8,13,16H,4-5H2,1-3H3,(H,17,18). The lowest BCUT2D eigenvalue weighted by Crippen LogP contribution is -2.39. The number of halogens is 1. The normalized spacial score (nSPS) is 21.6. The van der Waals surface area contributed by atoms with Gasteiger partial charge in [-0.05, 0) is 24.9 Å². The van der Waals surface area contributed by atoms with Gasteiger partial charge in [0, 0.05) is 6.07 Å². The van der Waals surface area contributed by atoms with Crippen LogP contribution in [0.3, 0.4) is 0 Å². The maximum absolute atomic E-state index is 12.3. The molecular weight excluding hydrogens is 280 g/mol. The lowest BCUT2D eigenvalue weighted by molar-refractivity contribution is -0.118. The average Bonchev–Trinajstić information content (AvgIpc) is 2.85. The van der Waals surface area contributed by atoms with Gasteiger partial charge in [-0.15, -0.1) is 0 Å². The Balaban J connectivity index is 2.20. The number of hydrogen-bond donors (Lipinski definition) is 2. The Morgan fingerprint density at radius 2 is 2.05 bits per heavy atom. The Hall–Kier alpha value is -1.46. The Morgan fingerprint density at radius 1 is 1.35 bits per heavy atom. The topological polar surface area (TPSA) is 59.6 Å². The summed E-state index contributed by atoms with van der Waals surface area (Å²) >= 11 is 6.08. The molecule has 1 fully saturated rings. The van der Waals surface area contributed by atoms with Crippen LogP contribution in [-0.2, 0) is 4.79 Å². The van der Waals surface area contributed by atoms with Crippen molar-refractivity contribution in [2.45, 2.75) is 19.4 Å². The van der Waals surface area contributed by atoms with E-state index in [2.05, 4.69) is 17.6 Å². The van der Waals surface area contributed by atoms with E-state index in [9.17, 15) is 4.79 Å². The van der Waals surface area contributed by atoms with Crippen LogP contribution in [0.15, 0.2) is 12.1 Å². The molecule has 2 rings (SSSR count). The zero-order chi connectivity index (χ0) is 14.7. The number of anilines is 1. The highest BCUT2D eigenvalue weighted by Gasteiger charge is 2.29. The first-order valence-corrected chi connectivity index (χ1v) is 6.90. The van der Waals surface area contributed by atoms with Gasteiger partial charge in [0.1, 0.15) is 11.5 Å². The van der Waals surface area contributed by atoms with Crippen LogP contribution in [0.4, 0.5) is 5.69 Å². The Bertz CT molecular complexity index is 507. The van der Waals surface area contributed by atoms with Gasteiger partial charge in [0.25, 0.3) is 0 Å². The molecule has 1 heterocycles. The van der Waals surface area contributed by atoms with Gasteiger partial charge in [-0.2, -0.15) is 0 Å². The first kappa shape index (κ1) is 14.9. The SMILES string of the molecule is COc1cc(OC)c(NC(=O)C2NCCC2C)cc1Cl. The van der Waals surface area contributed by atoms with Gasteiger partial charge in [-0.3, -0.25) is 4.79 Å². The van der Waals surface area contributed by atoms with Crippen molar-refractivity contribution in [1.29, 1.82) is 0 Å². The molecular formula is C14H19ClN2O3. The van der Waals surface area contributed by atoms with Crippen LogP contribution in [0.1, 0.15) is 13.3 Å². The molecule has 110 valence electrons. The number of hydrogen-bond acceptors (Lipinski definition) is 4. The van der Waals surface area contributed by atoms with Gasteiger partial charge in [-0.25, -0.2) is 0 Å². The molecule has 1 saturated heterocycles. The summed E-state index contributed by atoms with van der Waals surface area (Å²) in [5.74, 6) is 1.27. The van der Waals surface area contributed by atoms with E-state index in [1.807, 2.05) is 0 Å². The highest BCUT2D eigenvalue weighted by Crippen LogP contribution is 2.36. The molecule has 2 atom stereocenters. The number of ether oxygens (including phenoxy) is 2. The Morgan fingerprint density at radius 3 is 2.60 bits per heavy atom. The van der Waals surface area contributed by atoms with Crippen molar-refractivity contribution in [3.63, 3.8) is 0 Å². The van der Waals surface area contributed by atoms with Crippen LogP contribution >= 0.6 is 11.6 Å². The summed E-state index contributed by atoms with van der Waals surface area (Å²) in [6, 6.07) is 3.11. The molecule has 1 aliphatic heterocycles. The molecule has 0 saturated carbocycles. The number of nitrogens with one attached hydrogen (secondary N) is 2. The van der Waals surface area contributed by atoms with E-state index in [1.54, 1.807) is 12.1 Å². The third-order valence-electron chi connectivity index (χ3n) is 3.55. The predicted molar refractivity (Wildman–Crippen MR) is 78.8 cm³/mol. The van der Waals surface area contributed by atoms with E-state index < -0.39 is 0 Å². The van der Waals surface area contributed by atoms with Crippen molar-refractivity contribution < 1.29 is 14.3 Å². The van der Waals surface area contributed by atoms with E-state index in [4.69, 9.17) is 21.1 Å². The summed E-state index contributed by atoms with van der Waals surface area (Å²) in [4.78, 5) is 12.3. The van der Waals surface area contributed by atoms with Gasteiger partial charge in [0.15, 0.2) is 0 Å². The van der Waals surface area contributed by atoms with E-state index in [0.717, 1.165) is 13.0 Å². The Kier molecular flexibility index (Phi) is 4.73. The van der Waals surface area contributed by atoms with E-state index in [1.165, 1.54) is 14.2 Å². The minimum absolute atomic E-state index is 0.0745. The van der Waals surface area contributed by atoms with Crippen LogP contribution in [0, 0.1) is 5.92 Å². The molecule has 0 bridgehead atoms. The molecule has 1 aromatic rings. The molecule has 0 spiro atoms. The van der Waals surface area contributed by atoms with Crippen molar-refractivity contribution in [1.82, 2.24) is 5.32 Å². The summed E-state index contributed by atoms with van der Waals surface area (Å²) in [6.45, 7) is 2.92. The third kappa shape index (κ3) is 2.99. The van der Waals surface area contributed by atoms with E-state index in [0.29, 0.717) is 28.1 Å². The van der Waals surface area contributed by atoms with Gasteiger partial charge >= 0.3 is 0 Å². The van der Waals surface area contributed by atoms with Gasteiger partial charge in [0.2, 0.25) is 5.91 Å². The molecule has 20 heavy (non-hydrogen) atoms. The summed E-state index contributed by atoms with van der Waals surface area (Å²) < 4.78 is 10.4. The third-order valence-corrected chi connectivity index (χ3v) is 3.84. The van der Waals surface area contributed by atoms with Gasteiger partial charge in [0.05, 0.1) is 31.0 Å². The number of benzene rings is 1. The molecule has 2 unspecified atom stereocenters. The largest absolute Gasteiger partial charge is 0.495 e. The second-order valence-electron chi connectivity index (χ2n) is 4.87. The maximum atomic E-state index is 12.3. The van der Waals surface area contributed by atoms with E-state index >= 15 is 0 Å². The average molecular weight is 299 g/mol. The van der Waals surface area contributed by atoms with Crippen LogP contribution < -0.4 is 20.1 Å². The van der Waals surface area contributed by atoms with Gasteiger partial charge in [-0.1, -0.05) is 18.5 Å². The number of amides is 1. The maximum Gasteiger partial charge on any atom is 0.241 e. The lowest BCUT2D eigenvalue weighted by Gasteiger charge is -2.18. The fraction of sp³-hybridized carbons (Fsp3) is 0.500. The first-order valence-electron chi connectivity index (χ1n) is 6.52. The zero-order valence-electron chi connectivity index (χ0n) is 11.8. The van der Waals surface area contributed by atoms with Gasteiger partial charge < -0.3 is 20.1 Å². The minimum Gasteiger partial charge on any atom is -0.495 e. The van der Waals surface area contributed by atoms with E-state index in [-0.39, 0.29) is 11.9 Å². The van der Waals surface area contributed by atoms with Crippen LogP contribution in [0.25, 0.3) is 0 Å². The first-order chi connectivity index (χ1) is 9.56. The predicted octanol–water partition coefficient (Wildman–Crippen LogP) is 2.29. The van der Waals surface area contributed by atoms with Crippen molar-refractivity contribution >= 4 is 23.2 Å². The number of carbonyl (C=O) groups excluding carboxylic acids is 1. The lowest BCUT2D eigenvalue weighted by atomic mass is 10.0. The molecule has 0 aromatic heterocycles. The van der Waals surface area contributed by atoms with Crippen molar-refractivity contribution in [2.24, 2.45) is 5.92 Å². The number of carbonyl (C=O) groups is 1. The monoisotopic (exact) mass is 298 g/mol. The molecule has 0 aliphatic carbocycles. The second kappa shape index (κ2) is 6.33. The van der Waals surface area contributed by atoms with Crippen molar-refractivity contribution in [2.75, 3.05) is 26.1 Å².